The van der Waals surface area contributed by atoms with Gasteiger partial charge >= 0.3 is 0 Å². The maximum absolute atomic E-state index is 13.5. The number of aliphatic hydroxyl groups excluding tert-OH is 1. The molecule has 0 aliphatic heterocycles. The van der Waals surface area contributed by atoms with E-state index in [4.69, 9.17) is 26.2 Å². The van der Waals surface area contributed by atoms with Crippen LogP contribution in [0.15, 0.2) is 53.6 Å². The van der Waals surface area contributed by atoms with Crippen molar-refractivity contribution in [2.24, 2.45) is 0 Å². The summed E-state index contributed by atoms with van der Waals surface area (Å²) in [5, 5.41) is 9.13. The molecule has 128 valence electrons. The summed E-state index contributed by atoms with van der Waals surface area (Å²) in [5.74, 6) is -0.465. The second kappa shape index (κ2) is 7.11. The second-order valence-electron chi connectivity index (χ2n) is 4.91. The minimum absolute atomic E-state index is 0.0188. The lowest BCUT2D eigenvalue weighted by Crippen LogP contribution is -2.01. The Kier molecular flexibility index (Phi) is 5.36. The summed E-state index contributed by atoms with van der Waals surface area (Å²) in [4.78, 5) is 0.0344. The lowest BCUT2D eigenvalue weighted by molar-refractivity contribution is 0.264. The molecule has 2 aromatic carbocycles. The molecule has 2 aromatic rings. The Balaban J connectivity index is 2.33. The van der Waals surface area contributed by atoms with Crippen LogP contribution < -0.4 is 9.47 Å². The summed E-state index contributed by atoms with van der Waals surface area (Å²) in [5.41, 5.74) is 0. The SMILES string of the molecule is C=C(O)COc1ccc(F)cc1Oc1ccc(S(C)(=O)=O)cc1Cl. The molecule has 0 amide bonds. The van der Waals surface area contributed by atoms with Gasteiger partial charge in [-0.2, -0.15) is 0 Å². The van der Waals surface area contributed by atoms with Gasteiger partial charge in [0.25, 0.3) is 0 Å². The van der Waals surface area contributed by atoms with Gasteiger partial charge < -0.3 is 14.6 Å². The van der Waals surface area contributed by atoms with Crippen molar-refractivity contribution in [2.75, 3.05) is 12.9 Å². The van der Waals surface area contributed by atoms with Crippen LogP contribution in [0.1, 0.15) is 0 Å². The fourth-order valence-corrected chi connectivity index (χ4v) is 2.69. The molecule has 24 heavy (non-hydrogen) atoms. The molecular formula is C16H14ClFO5S. The first kappa shape index (κ1) is 18.1. The van der Waals surface area contributed by atoms with Crippen LogP contribution in [0.25, 0.3) is 0 Å². The minimum atomic E-state index is -3.41. The Morgan fingerprint density at radius 2 is 1.88 bits per heavy atom. The van der Waals surface area contributed by atoms with Gasteiger partial charge in [-0.25, -0.2) is 12.8 Å². The van der Waals surface area contributed by atoms with Gasteiger partial charge in [0, 0.05) is 12.3 Å². The Morgan fingerprint density at radius 3 is 2.46 bits per heavy atom. The Labute approximate surface area is 143 Å². The molecule has 8 heteroatoms. The Morgan fingerprint density at radius 1 is 1.21 bits per heavy atom. The van der Waals surface area contributed by atoms with Gasteiger partial charge in [-0.1, -0.05) is 18.2 Å². The smallest absolute Gasteiger partial charge is 0.175 e. The summed E-state index contributed by atoms with van der Waals surface area (Å²) >= 11 is 6.03. The van der Waals surface area contributed by atoms with Crippen molar-refractivity contribution < 1.29 is 27.4 Å². The predicted octanol–water partition coefficient (Wildman–Crippen LogP) is 4.13. The first-order valence-corrected chi connectivity index (χ1v) is 8.90. The molecule has 0 saturated heterocycles. The average molecular weight is 373 g/mol. The van der Waals surface area contributed by atoms with E-state index in [9.17, 15) is 12.8 Å². The number of halogens is 2. The zero-order chi connectivity index (χ0) is 17.9. The summed E-state index contributed by atoms with van der Waals surface area (Å²) < 4.78 is 47.2. The van der Waals surface area contributed by atoms with Crippen LogP contribution in [-0.4, -0.2) is 26.4 Å². The van der Waals surface area contributed by atoms with Gasteiger partial charge in [0.1, 0.15) is 23.9 Å². The van der Waals surface area contributed by atoms with Gasteiger partial charge in [0.15, 0.2) is 21.3 Å². The van der Waals surface area contributed by atoms with Crippen LogP contribution in [0.3, 0.4) is 0 Å². The highest BCUT2D eigenvalue weighted by atomic mass is 35.5. The van der Waals surface area contributed by atoms with Crippen molar-refractivity contribution in [1.82, 2.24) is 0 Å². The van der Waals surface area contributed by atoms with Crippen molar-refractivity contribution >= 4 is 21.4 Å². The maximum Gasteiger partial charge on any atom is 0.175 e. The third kappa shape index (κ3) is 4.62. The first-order valence-electron chi connectivity index (χ1n) is 6.63. The second-order valence-corrected chi connectivity index (χ2v) is 7.34. The molecule has 0 atom stereocenters. The van der Waals surface area contributed by atoms with E-state index in [0.29, 0.717) is 0 Å². The monoisotopic (exact) mass is 372 g/mol. The summed E-state index contributed by atoms with van der Waals surface area (Å²) in [7, 11) is -3.41. The van der Waals surface area contributed by atoms with Gasteiger partial charge in [0.2, 0.25) is 0 Å². The van der Waals surface area contributed by atoms with Crippen molar-refractivity contribution in [3.63, 3.8) is 0 Å². The molecule has 0 aliphatic carbocycles. The largest absolute Gasteiger partial charge is 0.509 e. The normalized spacial score (nSPS) is 11.1. The zero-order valence-corrected chi connectivity index (χ0v) is 14.2. The molecule has 2 rings (SSSR count). The number of benzene rings is 2. The molecule has 5 nitrogen and oxygen atoms in total. The van der Waals surface area contributed by atoms with Crippen LogP contribution in [0.2, 0.25) is 5.02 Å². The van der Waals surface area contributed by atoms with E-state index in [0.717, 1.165) is 18.4 Å². The van der Waals surface area contributed by atoms with Crippen molar-refractivity contribution in [3.8, 4) is 17.2 Å². The van der Waals surface area contributed by atoms with Crippen LogP contribution in [0.5, 0.6) is 17.2 Å². The number of sulfone groups is 1. The molecule has 0 radical (unpaired) electrons. The zero-order valence-electron chi connectivity index (χ0n) is 12.6. The third-order valence-electron chi connectivity index (χ3n) is 2.85. The maximum atomic E-state index is 13.5. The molecular weight excluding hydrogens is 359 g/mol. The topological polar surface area (TPSA) is 72.8 Å². The third-order valence-corrected chi connectivity index (χ3v) is 4.26. The molecule has 0 spiro atoms. The Hall–Kier alpha value is -2.25. The van der Waals surface area contributed by atoms with Gasteiger partial charge in [0.05, 0.1) is 9.92 Å². The first-order chi connectivity index (χ1) is 11.2. The summed E-state index contributed by atoms with van der Waals surface area (Å²) in [6, 6.07) is 7.49. The number of hydrogen-bond donors (Lipinski definition) is 1. The lowest BCUT2D eigenvalue weighted by Gasteiger charge is -2.13. The van der Waals surface area contributed by atoms with E-state index in [1.165, 1.54) is 24.3 Å². The molecule has 0 saturated carbocycles. The van der Waals surface area contributed by atoms with E-state index in [2.05, 4.69) is 6.58 Å². The van der Waals surface area contributed by atoms with Crippen molar-refractivity contribution in [3.05, 3.63) is 59.6 Å². The molecule has 0 aliphatic rings. The average Bonchev–Trinajstić information content (AvgIpc) is 2.47. The highest BCUT2D eigenvalue weighted by Crippen LogP contribution is 2.36. The lowest BCUT2D eigenvalue weighted by atomic mass is 10.3. The van der Waals surface area contributed by atoms with Crippen LogP contribution in [0.4, 0.5) is 4.39 Å². The van der Waals surface area contributed by atoms with Crippen molar-refractivity contribution in [1.29, 1.82) is 0 Å². The van der Waals surface area contributed by atoms with E-state index < -0.39 is 15.7 Å². The van der Waals surface area contributed by atoms with E-state index in [1.807, 2.05) is 0 Å². The van der Waals surface area contributed by atoms with Crippen LogP contribution in [0, 0.1) is 5.82 Å². The van der Waals surface area contributed by atoms with E-state index in [-0.39, 0.29) is 39.5 Å². The van der Waals surface area contributed by atoms with E-state index >= 15 is 0 Å². The summed E-state index contributed by atoms with van der Waals surface area (Å²) in [6.45, 7) is 3.09. The molecule has 0 fully saturated rings. The van der Waals surface area contributed by atoms with Crippen LogP contribution >= 0.6 is 11.6 Å². The molecule has 0 heterocycles. The number of ether oxygens (including phenoxy) is 2. The van der Waals surface area contributed by atoms with Crippen molar-refractivity contribution in [2.45, 2.75) is 4.90 Å². The quantitative estimate of drug-likeness (QED) is 0.772. The standard InChI is InChI=1S/C16H14ClFO5S/c1-10(19)9-22-15-5-3-11(18)7-16(15)23-14-6-4-12(8-13(14)17)24(2,20)21/h3-8,19H,1,9H2,2H3. The summed E-state index contributed by atoms with van der Waals surface area (Å²) in [6.07, 6.45) is 1.06. The predicted molar refractivity (Wildman–Crippen MR) is 88.3 cm³/mol. The molecule has 0 unspecified atom stereocenters. The van der Waals surface area contributed by atoms with Crippen LogP contribution in [-0.2, 0) is 9.84 Å². The molecule has 1 N–H and O–H groups in total. The Bertz CT molecular complexity index is 880. The number of aliphatic hydroxyl groups is 1. The molecule has 0 bridgehead atoms. The highest BCUT2D eigenvalue weighted by molar-refractivity contribution is 7.90. The van der Waals surface area contributed by atoms with Gasteiger partial charge in [-0.15, -0.1) is 0 Å². The molecule has 0 aromatic heterocycles. The highest BCUT2D eigenvalue weighted by Gasteiger charge is 2.14. The van der Waals surface area contributed by atoms with Gasteiger partial charge in [-0.05, 0) is 30.3 Å². The fourth-order valence-electron chi connectivity index (χ4n) is 1.76. The van der Waals surface area contributed by atoms with E-state index in [1.54, 1.807) is 0 Å². The van der Waals surface area contributed by atoms with Gasteiger partial charge in [-0.3, -0.25) is 0 Å². The number of rotatable bonds is 6. The minimum Gasteiger partial charge on any atom is -0.509 e. The fraction of sp³-hybridized carbons (Fsp3) is 0.125. The number of hydrogen-bond acceptors (Lipinski definition) is 5.